The Hall–Kier alpha value is -2.00. The van der Waals surface area contributed by atoms with Gasteiger partial charge in [0.05, 0.1) is 0 Å². The molecule has 0 aromatic heterocycles. The summed E-state index contributed by atoms with van der Waals surface area (Å²) in [6.07, 6.45) is 0. The largest absolute Gasteiger partial charge is 0.483 e. The summed E-state index contributed by atoms with van der Waals surface area (Å²) in [6, 6.07) is 14.7. The maximum Gasteiger partial charge on any atom is 0.262 e. The van der Waals surface area contributed by atoms with Crippen molar-refractivity contribution in [2.24, 2.45) is 0 Å². The number of ether oxygens (including phenoxy) is 1. The van der Waals surface area contributed by atoms with Gasteiger partial charge in [-0.3, -0.25) is 4.79 Å². The van der Waals surface area contributed by atoms with Crippen LogP contribution in [-0.2, 0) is 4.79 Å². The molecule has 0 aliphatic heterocycles. The third kappa shape index (κ3) is 4.50. The lowest BCUT2D eigenvalue weighted by atomic mass is 10.0. The van der Waals surface area contributed by atoms with Gasteiger partial charge < -0.3 is 10.1 Å². The molecule has 0 spiro atoms. The predicted molar refractivity (Wildman–Crippen MR) is 86.1 cm³/mol. The van der Waals surface area contributed by atoms with Gasteiger partial charge in [-0.25, -0.2) is 0 Å². The molecule has 0 radical (unpaired) electrons. The van der Waals surface area contributed by atoms with E-state index in [9.17, 15) is 4.79 Å². The number of para-hydroxylation sites is 1. The fourth-order valence-electron chi connectivity index (χ4n) is 1.96. The Bertz CT molecular complexity index is 608. The van der Waals surface area contributed by atoms with E-state index in [1.54, 1.807) is 24.3 Å². The second kappa shape index (κ2) is 7.14. The molecule has 21 heavy (non-hydrogen) atoms. The molecule has 0 saturated carbocycles. The topological polar surface area (TPSA) is 38.3 Å². The van der Waals surface area contributed by atoms with Gasteiger partial charge in [-0.2, -0.15) is 0 Å². The zero-order valence-corrected chi connectivity index (χ0v) is 12.9. The van der Waals surface area contributed by atoms with Crippen molar-refractivity contribution in [3.63, 3.8) is 0 Å². The number of nitrogens with one attached hydrogen (secondary N) is 1. The van der Waals surface area contributed by atoms with Crippen LogP contribution in [0.25, 0.3) is 0 Å². The second-order valence-corrected chi connectivity index (χ2v) is 5.47. The van der Waals surface area contributed by atoms with Crippen molar-refractivity contribution < 1.29 is 9.53 Å². The highest BCUT2D eigenvalue weighted by Gasteiger charge is 2.09. The zero-order chi connectivity index (χ0) is 15.2. The summed E-state index contributed by atoms with van der Waals surface area (Å²) in [6.45, 7) is 4.16. The lowest BCUT2D eigenvalue weighted by Gasteiger charge is -2.13. The Labute approximate surface area is 129 Å². The molecular formula is C17H18ClNO2. The van der Waals surface area contributed by atoms with Crippen molar-refractivity contribution >= 4 is 23.2 Å². The average molecular weight is 304 g/mol. The van der Waals surface area contributed by atoms with Gasteiger partial charge in [0.25, 0.3) is 5.91 Å². The monoisotopic (exact) mass is 303 g/mol. The molecule has 0 heterocycles. The van der Waals surface area contributed by atoms with E-state index in [-0.39, 0.29) is 12.5 Å². The summed E-state index contributed by atoms with van der Waals surface area (Å²) in [7, 11) is 0. The summed E-state index contributed by atoms with van der Waals surface area (Å²) < 4.78 is 5.62. The van der Waals surface area contributed by atoms with Gasteiger partial charge in [-0.1, -0.05) is 43.6 Å². The van der Waals surface area contributed by atoms with E-state index in [4.69, 9.17) is 16.3 Å². The van der Waals surface area contributed by atoms with E-state index in [1.165, 1.54) is 0 Å². The van der Waals surface area contributed by atoms with Crippen molar-refractivity contribution in [1.82, 2.24) is 0 Å². The Morgan fingerprint density at radius 1 is 1.14 bits per heavy atom. The molecule has 0 aliphatic rings. The van der Waals surface area contributed by atoms with Gasteiger partial charge in [0, 0.05) is 10.7 Å². The third-order valence-electron chi connectivity index (χ3n) is 3.03. The van der Waals surface area contributed by atoms with Gasteiger partial charge in [-0.15, -0.1) is 0 Å². The molecule has 110 valence electrons. The molecule has 0 aliphatic carbocycles. The molecule has 1 amide bonds. The van der Waals surface area contributed by atoms with Crippen LogP contribution < -0.4 is 10.1 Å². The second-order valence-electron chi connectivity index (χ2n) is 5.04. The van der Waals surface area contributed by atoms with Crippen molar-refractivity contribution in [1.29, 1.82) is 0 Å². The standard InChI is InChI=1S/C17H18ClNO2/c1-12(2)15-5-3-4-6-16(15)21-11-17(20)19-14-9-7-13(18)8-10-14/h3-10,12H,11H2,1-2H3,(H,19,20). The van der Waals surface area contributed by atoms with Crippen LogP contribution in [0, 0.1) is 0 Å². The number of rotatable bonds is 5. The molecule has 0 atom stereocenters. The maximum atomic E-state index is 11.9. The van der Waals surface area contributed by atoms with E-state index in [0.29, 0.717) is 16.6 Å². The molecule has 2 aromatic rings. The summed E-state index contributed by atoms with van der Waals surface area (Å²) in [5, 5.41) is 3.40. The number of benzene rings is 2. The summed E-state index contributed by atoms with van der Waals surface area (Å²) in [5.74, 6) is 0.898. The maximum absolute atomic E-state index is 11.9. The van der Waals surface area contributed by atoms with Crippen molar-refractivity contribution in [3.05, 3.63) is 59.1 Å². The molecule has 0 unspecified atom stereocenters. The minimum absolute atomic E-state index is 0.0215. The Morgan fingerprint density at radius 3 is 2.48 bits per heavy atom. The van der Waals surface area contributed by atoms with E-state index in [2.05, 4.69) is 19.2 Å². The first-order chi connectivity index (χ1) is 10.1. The van der Waals surface area contributed by atoms with Crippen LogP contribution in [0.15, 0.2) is 48.5 Å². The van der Waals surface area contributed by atoms with Crippen molar-refractivity contribution in [2.45, 2.75) is 19.8 Å². The molecular weight excluding hydrogens is 286 g/mol. The summed E-state index contributed by atoms with van der Waals surface area (Å²) in [5.41, 5.74) is 1.79. The highest BCUT2D eigenvalue weighted by atomic mass is 35.5. The van der Waals surface area contributed by atoms with Crippen LogP contribution >= 0.6 is 11.6 Å². The number of halogens is 1. The highest BCUT2D eigenvalue weighted by molar-refractivity contribution is 6.30. The van der Waals surface area contributed by atoms with E-state index >= 15 is 0 Å². The first-order valence-electron chi connectivity index (χ1n) is 6.83. The Kier molecular flexibility index (Phi) is 5.23. The number of carbonyl (C=O) groups is 1. The average Bonchev–Trinajstić information content (AvgIpc) is 2.48. The van der Waals surface area contributed by atoms with Crippen LogP contribution in [-0.4, -0.2) is 12.5 Å². The lowest BCUT2D eigenvalue weighted by Crippen LogP contribution is -2.20. The lowest BCUT2D eigenvalue weighted by molar-refractivity contribution is -0.118. The number of hydrogen-bond acceptors (Lipinski definition) is 2. The molecule has 2 aromatic carbocycles. The first kappa shape index (κ1) is 15.4. The summed E-state index contributed by atoms with van der Waals surface area (Å²) in [4.78, 5) is 11.9. The number of hydrogen-bond donors (Lipinski definition) is 1. The molecule has 4 heteroatoms. The molecule has 0 saturated heterocycles. The van der Waals surface area contributed by atoms with E-state index < -0.39 is 0 Å². The van der Waals surface area contributed by atoms with Gasteiger partial charge in [-0.05, 0) is 41.8 Å². The number of carbonyl (C=O) groups excluding carboxylic acids is 1. The molecule has 3 nitrogen and oxygen atoms in total. The summed E-state index contributed by atoms with van der Waals surface area (Å²) >= 11 is 5.80. The number of amides is 1. The fraction of sp³-hybridized carbons (Fsp3) is 0.235. The third-order valence-corrected chi connectivity index (χ3v) is 3.28. The highest BCUT2D eigenvalue weighted by Crippen LogP contribution is 2.25. The van der Waals surface area contributed by atoms with Crippen molar-refractivity contribution in [2.75, 3.05) is 11.9 Å². The smallest absolute Gasteiger partial charge is 0.262 e. The van der Waals surface area contributed by atoms with Crippen LogP contribution in [0.4, 0.5) is 5.69 Å². The van der Waals surface area contributed by atoms with Gasteiger partial charge >= 0.3 is 0 Å². The van der Waals surface area contributed by atoms with Gasteiger partial charge in [0.1, 0.15) is 5.75 Å². The molecule has 0 fully saturated rings. The fourth-order valence-corrected chi connectivity index (χ4v) is 2.09. The quantitative estimate of drug-likeness (QED) is 0.884. The zero-order valence-electron chi connectivity index (χ0n) is 12.1. The van der Waals surface area contributed by atoms with Gasteiger partial charge in [0.15, 0.2) is 6.61 Å². The number of anilines is 1. The van der Waals surface area contributed by atoms with Crippen LogP contribution in [0.5, 0.6) is 5.75 Å². The van der Waals surface area contributed by atoms with Gasteiger partial charge in [0.2, 0.25) is 0 Å². The predicted octanol–water partition coefficient (Wildman–Crippen LogP) is 4.48. The van der Waals surface area contributed by atoms with Crippen LogP contribution in [0.1, 0.15) is 25.3 Å². The Morgan fingerprint density at radius 2 is 1.81 bits per heavy atom. The normalized spacial score (nSPS) is 10.5. The first-order valence-corrected chi connectivity index (χ1v) is 7.21. The minimum atomic E-state index is -0.198. The van der Waals surface area contributed by atoms with Crippen LogP contribution in [0.2, 0.25) is 5.02 Å². The van der Waals surface area contributed by atoms with Crippen molar-refractivity contribution in [3.8, 4) is 5.75 Å². The molecule has 0 bridgehead atoms. The minimum Gasteiger partial charge on any atom is -0.483 e. The Balaban J connectivity index is 1.94. The van der Waals surface area contributed by atoms with E-state index in [0.717, 1.165) is 11.3 Å². The molecule has 1 N–H and O–H groups in total. The van der Waals surface area contributed by atoms with E-state index in [1.807, 2.05) is 24.3 Å². The SMILES string of the molecule is CC(C)c1ccccc1OCC(=O)Nc1ccc(Cl)cc1. The molecule has 2 rings (SSSR count). The van der Waals surface area contributed by atoms with Crippen LogP contribution in [0.3, 0.4) is 0 Å².